The van der Waals surface area contributed by atoms with E-state index >= 15 is 0 Å². The molecule has 2 saturated heterocycles. The van der Waals surface area contributed by atoms with Gasteiger partial charge in [0.2, 0.25) is 5.91 Å². The first-order chi connectivity index (χ1) is 57.3. The van der Waals surface area contributed by atoms with Gasteiger partial charge in [0.05, 0.1) is 58.8 Å². The number of rotatable bonds is 25. The molecule has 8 aromatic rings. The molecule has 0 saturated carbocycles. The fraction of sp³-hybridized carbons (Fsp3) is 0.329. The van der Waals surface area contributed by atoms with Crippen LogP contribution in [0.5, 0.6) is 0 Å². The number of amides is 1. The monoisotopic (exact) mass is 1870 g/mol. The number of aryl methyl sites for hydroxylation is 3. The zero-order valence-electron chi connectivity index (χ0n) is 68.6. The number of anilines is 3. The molecule has 1 amide bonds. The largest absolute Gasteiger partial charge is 0.481 e. The van der Waals surface area contributed by atoms with Crippen LogP contribution in [0.3, 0.4) is 0 Å². The maximum absolute atomic E-state index is 11.9. The molecule has 1 unspecified atom stereocenters. The summed E-state index contributed by atoms with van der Waals surface area (Å²) in [7, 11) is -22.8. The highest BCUT2D eigenvalue weighted by Crippen LogP contribution is 2.34. The van der Waals surface area contributed by atoms with E-state index in [2.05, 4.69) is 9.88 Å². The van der Waals surface area contributed by atoms with Crippen LogP contribution in [0.1, 0.15) is 113 Å². The highest BCUT2D eigenvalue weighted by atomic mass is 35.5. The van der Waals surface area contributed by atoms with Crippen LogP contribution in [-0.4, -0.2) is 229 Å². The molecule has 1 aromatic heterocycles. The van der Waals surface area contributed by atoms with E-state index in [1.807, 2.05) is 17.9 Å². The summed E-state index contributed by atoms with van der Waals surface area (Å²) in [5.41, 5.74) is 7.06. The number of Topliss-reactive ketones (excluding diaryl/α,β-unsaturated/α-hetero) is 1. The molecule has 0 radical (unpaired) electrons. The molecule has 11 rings (SSSR count). The van der Waals surface area contributed by atoms with E-state index in [-0.39, 0.29) is 95.6 Å². The molecular formula is C82H95ClN4O30S7. The van der Waals surface area contributed by atoms with Gasteiger partial charge in [0.25, 0.3) is 0 Å². The number of aliphatic carboxylic acids is 6. The van der Waals surface area contributed by atoms with E-state index in [1.54, 1.807) is 68.4 Å². The van der Waals surface area contributed by atoms with Crippen LogP contribution < -0.4 is 14.7 Å². The van der Waals surface area contributed by atoms with Crippen molar-refractivity contribution in [3.63, 3.8) is 0 Å². The molecule has 1 atom stereocenters. The molecule has 672 valence electrons. The second-order valence-electron chi connectivity index (χ2n) is 28.7. The summed E-state index contributed by atoms with van der Waals surface area (Å²) in [4.78, 5) is 107. The zero-order chi connectivity index (χ0) is 93.5. The number of benzene rings is 7. The predicted octanol–water partition coefficient (Wildman–Crippen LogP) is 9.74. The number of halogens is 1. The van der Waals surface area contributed by atoms with Crippen LogP contribution >= 0.6 is 11.6 Å². The van der Waals surface area contributed by atoms with Gasteiger partial charge in [-0.3, -0.25) is 28.8 Å². The minimum absolute atomic E-state index is 0.0116. The van der Waals surface area contributed by atoms with Gasteiger partial charge in [0, 0.05) is 128 Å². The number of nitrogens with zero attached hydrogens (tertiary/aromatic N) is 3. The molecule has 124 heavy (non-hydrogen) atoms. The van der Waals surface area contributed by atoms with E-state index in [0.29, 0.717) is 90.9 Å². The average Bonchev–Trinajstić information content (AvgIpc) is 1.64. The number of carbonyl (C=O) groups excluding carboxylic acids is 2. The smallest absolute Gasteiger partial charge is 0.352 e. The van der Waals surface area contributed by atoms with E-state index in [9.17, 15) is 107 Å². The molecule has 34 nitrogen and oxygen atoms in total. The van der Waals surface area contributed by atoms with Crippen molar-refractivity contribution in [1.82, 2.24) is 4.98 Å². The second kappa shape index (κ2) is 44.4. The van der Waals surface area contributed by atoms with E-state index in [4.69, 9.17) is 42.2 Å². The topological polar surface area (TPSA) is 560 Å². The van der Waals surface area contributed by atoms with Crippen molar-refractivity contribution in [3.8, 4) is 0 Å². The third-order valence-electron chi connectivity index (χ3n) is 18.9. The SMILES string of the molecule is CCS(=O)(=O)c1ccc2[nH]c(C(=O)O)cc2c1.CS(=O)(=O)c1cc(Cl)ccc1/C=C/C(=O)O.CS(=O)(=O)c1ccc(C(=O)CCC(=O)O)cc1.CS(=O)(=O)c1ccc(CCC(=O)O)cc1.CS(=O)(=O)c1ccc2c(c1)CCN2C(=O)CCC(=O)O.Cc1cc(S(C)(=O)=O)ccc1N1CCC(C(=O)O)CC1.Cc1cc(S(C)(=O)=O)ccc1N1CCCC1C(=O)O. The van der Waals surface area contributed by atoms with E-state index < -0.39 is 117 Å². The van der Waals surface area contributed by atoms with Gasteiger partial charge in [-0.05, 0) is 202 Å². The van der Waals surface area contributed by atoms with E-state index in [1.165, 1.54) is 102 Å². The number of aromatic nitrogens is 1. The first-order valence-corrected chi connectivity index (χ1v) is 50.7. The van der Waals surface area contributed by atoms with Crippen molar-refractivity contribution < 1.29 is 138 Å². The van der Waals surface area contributed by atoms with Crippen LogP contribution in [0, 0.1) is 19.8 Å². The Bertz CT molecular complexity index is 6210. The van der Waals surface area contributed by atoms with Gasteiger partial charge in [0.1, 0.15) is 11.7 Å². The van der Waals surface area contributed by atoms with Crippen molar-refractivity contribution in [1.29, 1.82) is 0 Å². The molecule has 3 aliphatic rings. The lowest BCUT2D eigenvalue weighted by Crippen LogP contribution is -2.36. The maximum Gasteiger partial charge on any atom is 0.352 e. The number of hydrogen-bond donors (Lipinski definition) is 8. The Kier molecular flexibility index (Phi) is 37.0. The molecular weight excluding hydrogens is 1780 g/mol. The summed E-state index contributed by atoms with van der Waals surface area (Å²) in [5.74, 6) is -7.48. The number of hydrogen-bond acceptors (Lipinski definition) is 25. The number of carbonyl (C=O) groups is 9. The van der Waals surface area contributed by atoms with Crippen molar-refractivity contribution in [2.24, 2.45) is 5.92 Å². The number of carboxylic acid groups (broad SMARTS) is 7. The first-order valence-electron chi connectivity index (χ1n) is 37.3. The number of H-pyrrole nitrogens is 1. The van der Waals surface area contributed by atoms with E-state index in [0.717, 1.165) is 77.4 Å². The zero-order valence-corrected chi connectivity index (χ0v) is 75.0. The summed E-state index contributed by atoms with van der Waals surface area (Å²) >= 11 is 5.68. The normalized spacial score (nSPS) is 14.1. The fourth-order valence-corrected chi connectivity index (χ4v) is 17.8. The molecule has 2 fully saturated rings. The molecule has 4 heterocycles. The predicted molar refractivity (Wildman–Crippen MR) is 462 cm³/mol. The van der Waals surface area contributed by atoms with Gasteiger partial charge in [-0.1, -0.05) is 48.9 Å². The lowest BCUT2D eigenvalue weighted by molar-refractivity contribution is -0.142. The minimum atomic E-state index is -3.43. The summed E-state index contributed by atoms with van der Waals surface area (Å²) in [6.07, 6.45) is 12.0. The molecule has 8 N–H and O–H groups in total. The highest BCUT2D eigenvalue weighted by molar-refractivity contribution is 7.92. The minimum Gasteiger partial charge on any atom is -0.481 e. The Morgan fingerprint density at radius 1 is 0.468 bits per heavy atom. The van der Waals surface area contributed by atoms with Crippen LogP contribution in [0.2, 0.25) is 5.02 Å². The number of piperidine rings is 1. The second-order valence-corrected chi connectivity index (χ2v) is 43.4. The lowest BCUT2D eigenvalue weighted by atomic mass is 9.96. The Morgan fingerprint density at radius 2 is 0.944 bits per heavy atom. The number of nitrogens with one attached hydrogen (secondary N) is 1. The van der Waals surface area contributed by atoms with Crippen molar-refractivity contribution in [2.45, 2.75) is 132 Å². The molecule has 7 aromatic carbocycles. The van der Waals surface area contributed by atoms with Crippen LogP contribution in [-0.2, 0) is 115 Å². The summed E-state index contributed by atoms with van der Waals surface area (Å²) in [6.45, 7) is 7.79. The fourth-order valence-electron chi connectivity index (χ4n) is 12.4. The summed E-state index contributed by atoms with van der Waals surface area (Å²) < 4.78 is 160. The van der Waals surface area contributed by atoms with Crippen LogP contribution in [0.25, 0.3) is 17.0 Å². The first kappa shape index (κ1) is 103. The number of sulfone groups is 7. The molecule has 3 aliphatic heterocycles. The maximum atomic E-state index is 11.9. The lowest BCUT2D eigenvalue weighted by Gasteiger charge is -2.33. The highest BCUT2D eigenvalue weighted by Gasteiger charge is 2.33. The van der Waals surface area contributed by atoms with Gasteiger partial charge < -0.3 is 55.4 Å². The van der Waals surface area contributed by atoms with Crippen molar-refractivity contribution >= 4 is 168 Å². The number of fused-ring (bicyclic) bond motifs is 2. The number of aromatic carboxylic acids is 1. The van der Waals surface area contributed by atoms with Gasteiger partial charge in [-0.25, -0.2) is 73.3 Å². The van der Waals surface area contributed by atoms with Gasteiger partial charge >= 0.3 is 41.8 Å². The van der Waals surface area contributed by atoms with Crippen LogP contribution in [0.15, 0.2) is 186 Å². The standard InChI is InChI=1S/C14H19NO4S.C13H15NO5S.C13H17NO4S.C11H11NO4S.C11H12O5S.C10H9ClO4S.C10H12O4S/c1-10-9-12(20(2,18)19)3-4-13(10)15-7-5-11(6-8-15)14(16)17;1-20(18,19)10-2-3-11-9(8-10)6-7-14(11)12(15)4-5-13(16)17;1-9-8-10(19(2,17)18)5-6-11(9)14-7-3-4-12(14)13(15)16;1-2-17(15,16)8-3-4-9-7(5-8)6-10(12-9)11(13)14;1-17(15,16)9-4-2-8(3-5-9)10(12)6-7-11(13)14;1-16(14,15)9-6-8(11)4-2-7(9)3-5-10(12)13;1-15(13,14)9-5-2-8(3-6-9)4-7-10(11)12/h3-4,9,11H,5-8H2,1-2H3,(H,16,17);2-3,8H,4-7H2,1H3,(H,16,17);5-6,8,12H,3-4,7H2,1-2H3,(H,15,16);3-6,12H,2H2,1H3,(H,13,14);2-5H,6-7H2,1H3,(H,13,14);2-6H,1H3,(H,12,13);2-3,5-6H,4,7H2,1H3,(H,11,12)/b;;;;;5-3+;. The number of aromatic amines is 1. The summed E-state index contributed by atoms with van der Waals surface area (Å²) in [5, 5.41) is 61.8. The van der Waals surface area contributed by atoms with Gasteiger partial charge in [0.15, 0.2) is 74.6 Å². The summed E-state index contributed by atoms with van der Waals surface area (Å²) in [6, 6.07) is 36.0. The molecule has 42 heteroatoms. The van der Waals surface area contributed by atoms with Gasteiger partial charge in [-0.2, -0.15) is 0 Å². The quantitative estimate of drug-likeness (QED) is 0.0195. The Hall–Kier alpha value is -11.2. The Labute approximate surface area is 723 Å². The molecule has 0 aliphatic carbocycles. The van der Waals surface area contributed by atoms with Crippen LogP contribution in [0.4, 0.5) is 17.1 Å². The van der Waals surface area contributed by atoms with Crippen molar-refractivity contribution in [3.05, 3.63) is 196 Å². The molecule has 0 spiro atoms. The Balaban J connectivity index is 0.000000258. The number of carboxylic acids is 7. The Morgan fingerprint density at radius 3 is 1.40 bits per heavy atom. The number of ketones is 1. The van der Waals surface area contributed by atoms with Crippen molar-refractivity contribution in [2.75, 3.05) is 84.2 Å². The molecule has 0 bridgehead atoms. The third-order valence-corrected chi connectivity index (χ3v) is 27.7. The third kappa shape index (κ3) is 32.2. The average molecular weight is 1880 g/mol. The van der Waals surface area contributed by atoms with Gasteiger partial charge in [-0.15, -0.1) is 0 Å².